The number of fused-ring (bicyclic) bond motifs is 1. The highest BCUT2D eigenvalue weighted by Gasteiger charge is 2.23. The highest BCUT2D eigenvalue weighted by molar-refractivity contribution is 5.74. The molecular formula is C25H37N5O3. The molecule has 0 aliphatic heterocycles. The largest absolute Gasteiger partial charge is 0.508 e. The molecule has 33 heavy (non-hydrogen) atoms. The van der Waals surface area contributed by atoms with E-state index < -0.39 is 0 Å². The van der Waals surface area contributed by atoms with Crippen molar-refractivity contribution in [1.29, 1.82) is 0 Å². The van der Waals surface area contributed by atoms with Gasteiger partial charge in [0.1, 0.15) is 5.75 Å². The fraction of sp³-hybridized carbons (Fsp3) is 0.560. The van der Waals surface area contributed by atoms with E-state index in [1.807, 2.05) is 37.5 Å². The van der Waals surface area contributed by atoms with Crippen LogP contribution >= 0.6 is 0 Å². The number of phenols is 1. The van der Waals surface area contributed by atoms with Gasteiger partial charge < -0.3 is 10.4 Å². The smallest absolute Gasteiger partial charge is 0.332 e. The van der Waals surface area contributed by atoms with Crippen molar-refractivity contribution < 1.29 is 5.11 Å². The number of benzene rings is 1. The van der Waals surface area contributed by atoms with Gasteiger partial charge in [-0.15, -0.1) is 0 Å². The van der Waals surface area contributed by atoms with Gasteiger partial charge in [0.2, 0.25) is 5.95 Å². The summed E-state index contributed by atoms with van der Waals surface area (Å²) in [6.07, 6.45) is 6.52. The monoisotopic (exact) mass is 455 g/mol. The quantitative estimate of drug-likeness (QED) is 0.556. The second-order valence-corrected chi connectivity index (χ2v) is 8.78. The van der Waals surface area contributed by atoms with Gasteiger partial charge in [-0.2, -0.15) is 4.98 Å². The summed E-state index contributed by atoms with van der Waals surface area (Å²) in [7, 11) is 0. The number of rotatable bonds is 7. The van der Waals surface area contributed by atoms with Crippen LogP contribution in [-0.4, -0.2) is 29.8 Å². The Kier molecular flexibility index (Phi) is 7.66. The van der Waals surface area contributed by atoms with Crippen molar-refractivity contribution in [2.75, 3.05) is 5.32 Å². The average molecular weight is 456 g/mol. The lowest BCUT2D eigenvalue weighted by atomic mass is 9.96. The number of anilines is 1. The van der Waals surface area contributed by atoms with Crippen molar-refractivity contribution in [1.82, 2.24) is 18.7 Å². The predicted molar refractivity (Wildman–Crippen MR) is 133 cm³/mol. The Morgan fingerprint density at radius 2 is 1.82 bits per heavy atom. The molecule has 8 nitrogen and oxygen atoms in total. The molecule has 2 heterocycles. The molecule has 3 aromatic rings. The van der Waals surface area contributed by atoms with Gasteiger partial charge in [0.05, 0.1) is 6.54 Å². The molecule has 1 fully saturated rings. The number of aromatic nitrogens is 4. The summed E-state index contributed by atoms with van der Waals surface area (Å²) in [6.45, 7) is 6.93. The number of aryl methyl sites for hydroxylation is 2. The Morgan fingerprint density at radius 3 is 2.45 bits per heavy atom. The average Bonchev–Trinajstić information content (AvgIpc) is 3.12. The summed E-state index contributed by atoms with van der Waals surface area (Å²) in [6, 6.07) is 5.76. The van der Waals surface area contributed by atoms with Crippen LogP contribution in [0.25, 0.3) is 11.2 Å². The zero-order chi connectivity index (χ0) is 22.8. The number of imidazole rings is 1. The molecular weight excluding hydrogens is 418 g/mol. The Balaban J connectivity index is 0.00000306. The van der Waals surface area contributed by atoms with Crippen LogP contribution in [0.5, 0.6) is 5.75 Å². The molecule has 0 bridgehead atoms. The van der Waals surface area contributed by atoms with Crippen molar-refractivity contribution in [3.8, 4) is 5.75 Å². The second-order valence-electron chi connectivity index (χ2n) is 8.78. The molecule has 0 unspecified atom stereocenters. The van der Waals surface area contributed by atoms with E-state index >= 15 is 0 Å². The first-order chi connectivity index (χ1) is 15.4. The highest BCUT2D eigenvalue weighted by atomic mass is 16.3. The van der Waals surface area contributed by atoms with Crippen LogP contribution < -0.4 is 16.6 Å². The van der Waals surface area contributed by atoms with Crippen molar-refractivity contribution in [3.05, 3.63) is 50.2 Å². The third-order valence-electron chi connectivity index (χ3n) is 6.42. The molecule has 0 amide bonds. The summed E-state index contributed by atoms with van der Waals surface area (Å²) in [5.74, 6) is 0.878. The summed E-state index contributed by atoms with van der Waals surface area (Å²) >= 11 is 0. The van der Waals surface area contributed by atoms with Gasteiger partial charge in [0.15, 0.2) is 11.2 Å². The Labute approximate surface area is 194 Å². The van der Waals surface area contributed by atoms with E-state index in [-0.39, 0.29) is 24.4 Å². The van der Waals surface area contributed by atoms with Crippen molar-refractivity contribution >= 4 is 17.1 Å². The summed E-state index contributed by atoms with van der Waals surface area (Å²) < 4.78 is 4.84. The molecule has 0 saturated heterocycles. The summed E-state index contributed by atoms with van der Waals surface area (Å²) in [4.78, 5) is 31.2. The standard InChI is InChI=1S/C24H33N5O3.CH4/c1-4-13-28-21-20(22(31)27(5-2)24(28)32)29(15-17-11-12-19(30)16(3)14-17)23(26-21)25-18-9-7-6-8-10-18;/h11-12,14,18,30H,4-10,13,15H2,1-3H3,(H,25,26);1H4. The topological polar surface area (TPSA) is 94.1 Å². The molecule has 1 aromatic carbocycles. The van der Waals surface area contributed by atoms with E-state index in [2.05, 4.69) is 5.32 Å². The van der Waals surface area contributed by atoms with E-state index in [0.717, 1.165) is 30.4 Å². The maximum atomic E-state index is 13.4. The first kappa shape index (κ1) is 24.6. The Morgan fingerprint density at radius 1 is 1.09 bits per heavy atom. The van der Waals surface area contributed by atoms with Gasteiger partial charge in [-0.05, 0) is 50.3 Å². The number of hydrogen-bond donors (Lipinski definition) is 2. The Bertz CT molecular complexity index is 1230. The lowest BCUT2D eigenvalue weighted by Crippen LogP contribution is -2.40. The van der Waals surface area contributed by atoms with Crippen LogP contribution in [0.2, 0.25) is 0 Å². The third kappa shape index (κ3) is 4.70. The van der Waals surface area contributed by atoms with Gasteiger partial charge in [-0.25, -0.2) is 4.79 Å². The minimum absolute atomic E-state index is 0. The van der Waals surface area contributed by atoms with Crippen LogP contribution in [0, 0.1) is 6.92 Å². The van der Waals surface area contributed by atoms with Gasteiger partial charge in [0.25, 0.3) is 5.56 Å². The second kappa shape index (κ2) is 10.3. The Hall–Kier alpha value is -3.03. The van der Waals surface area contributed by atoms with Crippen molar-refractivity contribution in [2.24, 2.45) is 0 Å². The number of hydrogen-bond acceptors (Lipinski definition) is 5. The van der Waals surface area contributed by atoms with Crippen LogP contribution in [0.3, 0.4) is 0 Å². The van der Waals surface area contributed by atoms with Gasteiger partial charge >= 0.3 is 5.69 Å². The molecule has 8 heteroatoms. The first-order valence-corrected chi connectivity index (χ1v) is 11.7. The van der Waals surface area contributed by atoms with E-state index in [1.54, 1.807) is 10.6 Å². The van der Waals surface area contributed by atoms with Crippen LogP contribution in [0.15, 0.2) is 27.8 Å². The normalized spacial score (nSPS) is 14.4. The lowest BCUT2D eigenvalue weighted by Gasteiger charge is -2.23. The first-order valence-electron chi connectivity index (χ1n) is 11.7. The van der Waals surface area contributed by atoms with E-state index in [0.29, 0.717) is 42.8 Å². The van der Waals surface area contributed by atoms with Crippen LogP contribution in [0.1, 0.15) is 70.9 Å². The predicted octanol–water partition coefficient (Wildman–Crippen LogP) is 4.23. The minimum atomic E-state index is -0.306. The molecule has 0 atom stereocenters. The fourth-order valence-electron chi connectivity index (χ4n) is 4.69. The molecule has 2 aromatic heterocycles. The number of phenolic OH excluding ortho intramolecular Hbond substituents is 1. The summed E-state index contributed by atoms with van der Waals surface area (Å²) in [5.41, 5.74) is 2.02. The van der Waals surface area contributed by atoms with Crippen LogP contribution in [0.4, 0.5) is 5.95 Å². The maximum Gasteiger partial charge on any atom is 0.332 e. The number of nitrogens with zero attached hydrogens (tertiary/aromatic N) is 4. The fourth-order valence-corrected chi connectivity index (χ4v) is 4.69. The van der Waals surface area contributed by atoms with Gasteiger partial charge in [-0.3, -0.25) is 18.5 Å². The SMILES string of the molecule is C.CCCn1c(=O)n(CC)c(=O)c2c1nc(NC1CCCCC1)n2Cc1ccc(O)c(C)c1. The molecule has 2 N–H and O–H groups in total. The summed E-state index contributed by atoms with van der Waals surface area (Å²) in [5, 5.41) is 13.5. The molecule has 1 aliphatic carbocycles. The highest BCUT2D eigenvalue weighted by Crippen LogP contribution is 2.25. The zero-order valence-corrected chi connectivity index (χ0v) is 19.2. The molecule has 1 saturated carbocycles. The van der Waals surface area contributed by atoms with E-state index in [4.69, 9.17) is 4.98 Å². The number of aromatic hydroxyl groups is 1. The van der Waals surface area contributed by atoms with Crippen molar-refractivity contribution in [3.63, 3.8) is 0 Å². The van der Waals surface area contributed by atoms with E-state index in [1.165, 1.54) is 23.8 Å². The zero-order valence-electron chi connectivity index (χ0n) is 19.2. The van der Waals surface area contributed by atoms with Crippen molar-refractivity contribution in [2.45, 2.75) is 92.4 Å². The molecule has 0 spiro atoms. The third-order valence-corrected chi connectivity index (χ3v) is 6.42. The van der Waals surface area contributed by atoms with Crippen LogP contribution in [-0.2, 0) is 19.6 Å². The minimum Gasteiger partial charge on any atom is -0.508 e. The maximum absolute atomic E-state index is 13.4. The molecule has 4 rings (SSSR count). The molecule has 180 valence electrons. The lowest BCUT2D eigenvalue weighted by molar-refractivity contribution is 0.459. The number of nitrogens with one attached hydrogen (secondary N) is 1. The molecule has 0 radical (unpaired) electrons. The van der Waals surface area contributed by atoms with Gasteiger partial charge in [-0.1, -0.05) is 45.7 Å². The van der Waals surface area contributed by atoms with E-state index in [9.17, 15) is 14.7 Å². The van der Waals surface area contributed by atoms with Gasteiger partial charge in [0, 0.05) is 19.1 Å². The molecule has 1 aliphatic rings.